The lowest BCUT2D eigenvalue weighted by Gasteiger charge is -2.31. The molecule has 2 N–H and O–H groups in total. The van der Waals surface area contributed by atoms with Crippen molar-refractivity contribution in [1.82, 2.24) is 5.32 Å². The number of carboxylic acid groups (broad SMARTS) is 1. The Morgan fingerprint density at radius 2 is 2.00 bits per heavy atom. The van der Waals surface area contributed by atoms with E-state index in [1.54, 1.807) is 19.2 Å². The molecule has 2 rings (SSSR count). The van der Waals surface area contributed by atoms with E-state index in [1.807, 2.05) is 12.1 Å². The van der Waals surface area contributed by atoms with Crippen LogP contribution in [-0.2, 0) is 11.3 Å². The Labute approximate surface area is 113 Å². The Hall–Kier alpha value is -1.39. The minimum absolute atomic E-state index is 0.298. The number of benzene rings is 1. The average molecular weight is 263 g/mol. The number of hydrogen-bond acceptors (Lipinski definition) is 3. The summed E-state index contributed by atoms with van der Waals surface area (Å²) in [5.74, 6) is -0.883. The normalized spacial score (nSPS) is 23.2. The molecule has 2 unspecified atom stereocenters. The van der Waals surface area contributed by atoms with Crippen molar-refractivity contribution in [3.8, 4) is 0 Å². The fourth-order valence-corrected chi connectivity index (χ4v) is 2.63. The molecule has 0 spiro atoms. The van der Waals surface area contributed by atoms with Gasteiger partial charge in [-0.3, -0.25) is 0 Å². The van der Waals surface area contributed by atoms with Crippen LogP contribution in [0.3, 0.4) is 0 Å². The van der Waals surface area contributed by atoms with Crippen LogP contribution in [0.15, 0.2) is 24.3 Å². The molecule has 4 nitrogen and oxygen atoms in total. The topological polar surface area (TPSA) is 58.6 Å². The summed E-state index contributed by atoms with van der Waals surface area (Å²) < 4.78 is 5.50. The van der Waals surface area contributed by atoms with Gasteiger partial charge >= 0.3 is 5.97 Å². The van der Waals surface area contributed by atoms with Gasteiger partial charge in [0.1, 0.15) is 0 Å². The number of rotatable bonds is 5. The van der Waals surface area contributed by atoms with Gasteiger partial charge in [-0.05, 0) is 30.5 Å². The van der Waals surface area contributed by atoms with E-state index in [9.17, 15) is 4.79 Å². The highest BCUT2D eigenvalue weighted by Crippen LogP contribution is 2.21. The number of methoxy groups -OCH3 is 1. The summed E-state index contributed by atoms with van der Waals surface area (Å²) in [6, 6.07) is 7.42. The first-order valence-electron chi connectivity index (χ1n) is 6.79. The van der Waals surface area contributed by atoms with E-state index in [2.05, 4.69) is 5.32 Å². The van der Waals surface area contributed by atoms with Crippen molar-refractivity contribution in [2.75, 3.05) is 7.11 Å². The Bertz CT molecular complexity index is 416. The molecule has 1 aromatic carbocycles. The maximum absolute atomic E-state index is 10.8. The molecule has 1 aliphatic rings. The highest BCUT2D eigenvalue weighted by atomic mass is 16.5. The van der Waals surface area contributed by atoms with Crippen molar-refractivity contribution < 1.29 is 14.6 Å². The molecule has 1 fully saturated rings. The Balaban J connectivity index is 1.88. The number of ether oxygens (including phenoxy) is 1. The molecule has 1 aromatic rings. The zero-order valence-electron chi connectivity index (χ0n) is 11.3. The smallest absolute Gasteiger partial charge is 0.335 e. The molecule has 0 aromatic heterocycles. The zero-order chi connectivity index (χ0) is 13.7. The second kappa shape index (κ2) is 6.68. The van der Waals surface area contributed by atoms with E-state index in [4.69, 9.17) is 9.84 Å². The molecule has 19 heavy (non-hydrogen) atoms. The molecule has 0 saturated heterocycles. The third-order valence-electron chi connectivity index (χ3n) is 3.77. The van der Waals surface area contributed by atoms with Gasteiger partial charge in [0.05, 0.1) is 11.7 Å². The third kappa shape index (κ3) is 3.78. The quantitative estimate of drug-likeness (QED) is 0.856. The summed E-state index contributed by atoms with van der Waals surface area (Å²) in [7, 11) is 1.77. The molecule has 4 heteroatoms. The number of carbonyl (C=O) groups is 1. The maximum atomic E-state index is 10.8. The van der Waals surface area contributed by atoms with E-state index in [1.165, 1.54) is 12.8 Å². The highest BCUT2D eigenvalue weighted by molar-refractivity contribution is 5.87. The monoisotopic (exact) mass is 263 g/mol. The molecule has 1 saturated carbocycles. The van der Waals surface area contributed by atoms with Gasteiger partial charge in [-0.25, -0.2) is 4.79 Å². The third-order valence-corrected chi connectivity index (χ3v) is 3.77. The molecule has 0 aliphatic heterocycles. The van der Waals surface area contributed by atoms with E-state index < -0.39 is 5.97 Å². The highest BCUT2D eigenvalue weighted by Gasteiger charge is 2.24. The van der Waals surface area contributed by atoms with E-state index in [0.717, 1.165) is 24.9 Å². The van der Waals surface area contributed by atoms with Gasteiger partial charge in [0.25, 0.3) is 0 Å². The van der Waals surface area contributed by atoms with Crippen LogP contribution in [-0.4, -0.2) is 30.3 Å². The summed E-state index contributed by atoms with van der Waals surface area (Å²) in [5.41, 5.74) is 1.43. The first-order valence-corrected chi connectivity index (χ1v) is 6.79. The van der Waals surface area contributed by atoms with Crippen LogP contribution in [0.1, 0.15) is 41.6 Å². The van der Waals surface area contributed by atoms with Gasteiger partial charge in [0.2, 0.25) is 0 Å². The van der Waals surface area contributed by atoms with Gasteiger partial charge in [-0.1, -0.05) is 25.0 Å². The number of aromatic carboxylic acids is 1. The summed E-state index contributed by atoms with van der Waals surface area (Å²) in [5, 5.41) is 12.4. The molecular formula is C15H21NO3. The molecule has 1 aliphatic carbocycles. The lowest BCUT2D eigenvalue weighted by molar-refractivity contribution is 0.0413. The molecule has 0 heterocycles. The summed E-state index contributed by atoms with van der Waals surface area (Å²) >= 11 is 0. The lowest BCUT2D eigenvalue weighted by atomic mass is 9.92. The van der Waals surface area contributed by atoms with Gasteiger partial charge in [-0.15, -0.1) is 0 Å². The molecule has 104 valence electrons. The van der Waals surface area contributed by atoms with E-state index >= 15 is 0 Å². The first kappa shape index (κ1) is 14.0. The SMILES string of the molecule is COC1CCCCC1NCc1ccc(C(=O)O)cc1. The predicted octanol–water partition coefficient (Wildman–Crippen LogP) is 2.43. The van der Waals surface area contributed by atoms with Crippen LogP contribution in [0, 0.1) is 0 Å². The predicted molar refractivity (Wildman–Crippen MR) is 73.3 cm³/mol. The van der Waals surface area contributed by atoms with Crippen LogP contribution in [0.2, 0.25) is 0 Å². The van der Waals surface area contributed by atoms with Crippen molar-refractivity contribution in [2.45, 2.75) is 44.4 Å². The second-order valence-corrected chi connectivity index (χ2v) is 5.05. The molecule has 2 atom stereocenters. The molecular weight excluding hydrogens is 242 g/mol. The van der Waals surface area contributed by atoms with Crippen molar-refractivity contribution in [1.29, 1.82) is 0 Å². The Morgan fingerprint density at radius 3 is 2.63 bits per heavy atom. The minimum atomic E-state index is -0.883. The van der Waals surface area contributed by atoms with Gasteiger partial charge in [-0.2, -0.15) is 0 Å². The summed E-state index contributed by atoms with van der Waals surface area (Å²) in [4.78, 5) is 10.8. The second-order valence-electron chi connectivity index (χ2n) is 5.05. The van der Waals surface area contributed by atoms with E-state index in [0.29, 0.717) is 17.7 Å². The van der Waals surface area contributed by atoms with Gasteiger partial charge in [0.15, 0.2) is 0 Å². The van der Waals surface area contributed by atoms with E-state index in [-0.39, 0.29) is 0 Å². The Kier molecular flexibility index (Phi) is 4.93. The van der Waals surface area contributed by atoms with Crippen molar-refractivity contribution in [3.05, 3.63) is 35.4 Å². The lowest BCUT2D eigenvalue weighted by Crippen LogP contribution is -2.42. The fourth-order valence-electron chi connectivity index (χ4n) is 2.63. The largest absolute Gasteiger partial charge is 0.478 e. The molecule has 0 radical (unpaired) electrons. The number of carboxylic acids is 1. The number of nitrogens with one attached hydrogen (secondary N) is 1. The van der Waals surface area contributed by atoms with Crippen molar-refractivity contribution in [2.24, 2.45) is 0 Å². The Morgan fingerprint density at radius 1 is 1.32 bits per heavy atom. The molecule has 0 amide bonds. The average Bonchev–Trinajstić information content (AvgIpc) is 2.45. The van der Waals surface area contributed by atoms with Crippen LogP contribution < -0.4 is 5.32 Å². The zero-order valence-corrected chi connectivity index (χ0v) is 11.3. The van der Waals surface area contributed by atoms with Crippen LogP contribution in [0.5, 0.6) is 0 Å². The summed E-state index contributed by atoms with van der Waals surface area (Å²) in [6.07, 6.45) is 5.05. The first-order chi connectivity index (χ1) is 9.20. The van der Waals surface area contributed by atoms with Crippen molar-refractivity contribution in [3.63, 3.8) is 0 Å². The maximum Gasteiger partial charge on any atom is 0.335 e. The van der Waals surface area contributed by atoms with Crippen LogP contribution >= 0.6 is 0 Å². The standard InChI is InChI=1S/C15H21NO3/c1-19-14-5-3-2-4-13(14)16-10-11-6-8-12(9-7-11)15(17)18/h6-9,13-14,16H,2-5,10H2,1H3,(H,17,18). The van der Waals surface area contributed by atoms with Crippen molar-refractivity contribution >= 4 is 5.97 Å². The van der Waals surface area contributed by atoms with Crippen LogP contribution in [0.25, 0.3) is 0 Å². The van der Waals surface area contributed by atoms with Gasteiger partial charge < -0.3 is 15.2 Å². The minimum Gasteiger partial charge on any atom is -0.478 e. The van der Waals surface area contributed by atoms with Gasteiger partial charge in [0, 0.05) is 19.7 Å². The fraction of sp³-hybridized carbons (Fsp3) is 0.533. The summed E-state index contributed by atoms with van der Waals surface area (Å²) in [6.45, 7) is 0.754. The number of hydrogen-bond donors (Lipinski definition) is 2. The van der Waals surface area contributed by atoms with Crippen LogP contribution in [0.4, 0.5) is 0 Å². The molecule has 0 bridgehead atoms.